The molecule has 1 N–H and O–H groups in total. The van der Waals surface area contributed by atoms with E-state index >= 15 is 0 Å². The molecule has 0 aliphatic carbocycles. The quantitative estimate of drug-likeness (QED) is 0.464. The van der Waals surface area contributed by atoms with E-state index in [9.17, 15) is 4.79 Å². The van der Waals surface area contributed by atoms with Gasteiger partial charge in [0, 0.05) is 42.5 Å². The normalized spacial score (nSPS) is 16.9. The second kappa shape index (κ2) is 11.1. The van der Waals surface area contributed by atoms with Gasteiger partial charge in [0.25, 0.3) is 5.91 Å². The number of carbonyl (C=O) groups excluding carboxylic acids is 1. The number of aromatic nitrogens is 4. The van der Waals surface area contributed by atoms with E-state index in [1.165, 1.54) is 25.9 Å². The molecular formula is C27H34ClN7O2. The first kappa shape index (κ1) is 25.5. The van der Waals surface area contributed by atoms with Gasteiger partial charge in [-0.15, -0.1) is 0 Å². The van der Waals surface area contributed by atoms with E-state index in [0.29, 0.717) is 39.7 Å². The molecule has 0 radical (unpaired) electrons. The number of likely N-dealkylation sites (tertiary alicyclic amines) is 2. The lowest BCUT2D eigenvalue weighted by molar-refractivity contribution is 0.0644. The third kappa shape index (κ3) is 5.57. The van der Waals surface area contributed by atoms with Crippen molar-refractivity contribution >= 4 is 29.1 Å². The molecule has 37 heavy (non-hydrogen) atoms. The van der Waals surface area contributed by atoms with E-state index < -0.39 is 0 Å². The number of hydrogen-bond acceptors (Lipinski definition) is 7. The Morgan fingerprint density at radius 2 is 1.89 bits per heavy atom. The zero-order chi connectivity index (χ0) is 25.9. The van der Waals surface area contributed by atoms with Gasteiger partial charge in [0.1, 0.15) is 5.75 Å². The van der Waals surface area contributed by atoms with Gasteiger partial charge in [0.15, 0.2) is 0 Å². The van der Waals surface area contributed by atoms with E-state index in [4.69, 9.17) is 16.3 Å². The fourth-order valence-corrected chi connectivity index (χ4v) is 5.34. The number of hydrogen-bond donors (Lipinski definition) is 1. The molecule has 0 unspecified atom stereocenters. The number of amides is 1. The van der Waals surface area contributed by atoms with Crippen molar-refractivity contribution in [3.63, 3.8) is 0 Å². The second-order valence-corrected chi connectivity index (χ2v) is 10.4. The van der Waals surface area contributed by atoms with E-state index in [-0.39, 0.29) is 11.9 Å². The Kier molecular flexibility index (Phi) is 7.62. The number of halogens is 1. The van der Waals surface area contributed by atoms with Crippen molar-refractivity contribution in [2.24, 2.45) is 0 Å². The molecule has 2 aliphatic heterocycles. The van der Waals surface area contributed by atoms with Crippen LogP contribution in [0.1, 0.15) is 55.9 Å². The van der Waals surface area contributed by atoms with E-state index in [0.717, 1.165) is 31.5 Å². The number of anilines is 2. The average molecular weight is 524 g/mol. The van der Waals surface area contributed by atoms with E-state index in [1.807, 2.05) is 27.9 Å². The molecule has 0 saturated carbocycles. The first-order chi connectivity index (χ1) is 17.9. The molecule has 9 nitrogen and oxygen atoms in total. The fraction of sp³-hybridized carbons (Fsp3) is 0.481. The number of methoxy groups -OCH3 is 1. The van der Waals surface area contributed by atoms with Crippen LogP contribution in [0.3, 0.4) is 0 Å². The van der Waals surface area contributed by atoms with Crippen LogP contribution in [0.2, 0.25) is 5.02 Å². The van der Waals surface area contributed by atoms with Gasteiger partial charge < -0.3 is 19.9 Å². The first-order valence-electron chi connectivity index (χ1n) is 13.0. The van der Waals surface area contributed by atoms with Gasteiger partial charge in [-0.3, -0.25) is 9.48 Å². The lowest BCUT2D eigenvalue weighted by Crippen LogP contribution is -2.45. The summed E-state index contributed by atoms with van der Waals surface area (Å²) in [4.78, 5) is 26.7. The van der Waals surface area contributed by atoms with Gasteiger partial charge in [-0.2, -0.15) is 5.10 Å². The highest BCUT2D eigenvalue weighted by Gasteiger charge is 2.29. The lowest BCUT2D eigenvalue weighted by Gasteiger charge is -2.36. The third-order valence-electron chi connectivity index (χ3n) is 7.25. The van der Waals surface area contributed by atoms with Crippen LogP contribution >= 0.6 is 11.6 Å². The summed E-state index contributed by atoms with van der Waals surface area (Å²) in [6, 6.07) is 6.27. The third-order valence-corrected chi connectivity index (χ3v) is 7.53. The Hall–Kier alpha value is -3.17. The minimum atomic E-state index is 0.0388. The van der Waals surface area contributed by atoms with Crippen LogP contribution in [0.5, 0.6) is 5.75 Å². The molecule has 2 fully saturated rings. The number of piperidine rings is 1. The molecule has 1 amide bonds. The average Bonchev–Trinajstić information content (AvgIpc) is 3.63. The largest absolute Gasteiger partial charge is 0.495 e. The molecule has 4 heterocycles. The number of rotatable bonds is 7. The summed E-state index contributed by atoms with van der Waals surface area (Å²) in [5.41, 5.74) is 2.68. The van der Waals surface area contributed by atoms with Crippen LogP contribution in [0.15, 0.2) is 36.8 Å². The maximum absolute atomic E-state index is 13.2. The van der Waals surface area contributed by atoms with Gasteiger partial charge in [-0.05, 0) is 70.8 Å². The number of ether oxygens (including phenoxy) is 1. The lowest BCUT2D eigenvalue weighted by atomic mass is 10.0. The molecule has 2 saturated heterocycles. The highest BCUT2D eigenvalue weighted by molar-refractivity contribution is 6.32. The summed E-state index contributed by atoms with van der Waals surface area (Å²) in [5.74, 6) is 0.959. The molecule has 0 bridgehead atoms. The van der Waals surface area contributed by atoms with Gasteiger partial charge in [0.2, 0.25) is 5.95 Å². The molecule has 2 aliphatic rings. The minimum Gasteiger partial charge on any atom is -0.495 e. The van der Waals surface area contributed by atoms with Crippen LogP contribution < -0.4 is 10.1 Å². The Bertz CT molecular complexity index is 1250. The predicted octanol–water partition coefficient (Wildman–Crippen LogP) is 5.03. The summed E-state index contributed by atoms with van der Waals surface area (Å²) >= 11 is 6.40. The summed E-state index contributed by atoms with van der Waals surface area (Å²) < 4.78 is 7.47. The van der Waals surface area contributed by atoms with Gasteiger partial charge >= 0.3 is 0 Å². The van der Waals surface area contributed by atoms with Crippen LogP contribution in [0.25, 0.3) is 11.3 Å². The Morgan fingerprint density at radius 1 is 1.14 bits per heavy atom. The highest BCUT2D eigenvalue weighted by atomic mass is 35.5. The van der Waals surface area contributed by atoms with Gasteiger partial charge in [0.05, 0.1) is 35.9 Å². The fourth-order valence-electron chi connectivity index (χ4n) is 5.14. The molecule has 196 valence electrons. The Labute approximate surface area is 222 Å². The maximum atomic E-state index is 13.2. The molecule has 10 heteroatoms. The molecule has 5 rings (SSSR count). The van der Waals surface area contributed by atoms with Crippen molar-refractivity contribution in [2.45, 2.75) is 51.6 Å². The highest BCUT2D eigenvalue weighted by Crippen LogP contribution is 2.31. The van der Waals surface area contributed by atoms with Crippen molar-refractivity contribution in [1.29, 1.82) is 0 Å². The summed E-state index contributed by atoms with van der Waals surface area (Å²) in [6.07, 6.45) is 9.89. The summed E-state index contributed by atoms with van der Waals surface area (Å²) in [5, 5.41) is 8.03. The zero-order valence-electron chi connectivity index (χ0n) is 21.7. The summed E-state index contributed by atoms with van der Waals surface area (Å²) in [6.45, 7) is 8.09. The van der Waals surface area contributed by atoms with E-state index in [2.05, 4.69) is 39.1 Å². The van der Waals surface area contributed by atoms with Crippen LogP contribution in [0.4, 0.5) is 11.6 Å². The number of carbonyl (C=O) groups is 1. The molecular weight excluding hydrogens is 490 g/mol. The molecule has 3 aromatic rings. The second-order valence-electron chi connectivity index (χ2n) is 10.00. The van der Waals surface area contributed by atoms with Crippen molar-refractivity contribution < 1.29 is 9.53 Å². The van der Waals surface area contributed by atoms with Crippen molar-refractivity contribution in [2.75, 3.05) is 38.6 Å². The SMILES string of the molecule is COc1cc(C(=O)N2CCC(N3CCCC3)CC2)ccc1Nc1ncc(Cl)c(-c2cnn(C(C)C)c2)n1. The first-order valence-corrected chi connectivity index (χ1v) is 13.4. The molecule has 0 atom stereocenters. The predicted molar refractivity (Wildman–Crippen MR) is 145 cm³/mol. The van der Waals surface area contributed by atoms with Crippen molar-refractivity contribution in [1.82, 2.24) is 29.5 Å². The summed E-state index contributed by atoms with van der Waals surface area (Å²) in [7, 11) is 1.59. The van der Waals surface area contributed by atoms with Crippen LogP contribution in [-0.4, -0.2) is 74.8 Å². The van der Waals surface area contributed by atoms with Crippen molar-refractivity contribution in [3.8, 4) is 17.0 Å². The monoisotopic (exact) mass is 523 g/mol. The van der Waals surface area contributed by atoms with Crippen LogP contribution in [-0.2, 0) is 0 Å². The standard InChI is InChI=1S/C27H34ClN7O2/c1-18(2)35-17-20(15-30-35)25-22(28)16-29-27(32-25)31-23-7-6-19(14-24(23)37-3)26(36)34-12-8-21(9-13-34)33-10-4-5-11-33/h6-7,14-18,21H,4-5,8-13H2,1-3H3,(H,29,31,32). The Morgan fingerprint density at radius 3 is 2.57 bits per heavy atom. The van der Waals surface area contributed by atoms with Crippen molar-refractivity contribution in [3.05, 3.63) is 47.4 Å². The smallest absolute Gasteiger partial charge is 0.253 e. The number of benzene rings is 1. The topological polar surface area (TPSA) is 88.4 Å². The van der Waals surface area contributed by atoms with Gasteiger partial charge in [-0.1, -0.05) is 11.6 Å². The maximum Gasteiger partial charge on any atom is 0.253 e. The van der Waals surface area contributed by atoms with Crippen LogP contribution in [0, 0.1) is 0 Å². The minimum absolute atomic E-state index is 0.0388. The van der Waals surface area contributed by atoms with E-state index in [1.54, 1.807) is 25.6 Å². The molecule has 2 aromatic heterocycles. The molecule has 1 aromatic carbocycles. The number of nitrogens with one attached hydrogen (secondary N) is 1. The number of nitrogens with zero attached hydrogens (tertiary/aromatic N) is 6. The Balaban J connectivity index is 1.29. The zero-order valence-corrected chi connectivity index (χ0v) is 22.4. The molecule has 0 spiro atoms. The van der Waals surface area contributed by atoms with Gasteiger partial charge in [-0.25, -0.2) is 9.97 Å².